The molecule has 0 bridgehead atoms. The van der Waals surface area contributed by atoms with Crippen molar-refractivity contribution >= 4 is 13.0 Å². The highest BCUT2D eigenvalue weighted by atomic mass is 16.5. The molecule has 138 valence electrons. The van der Waals surface area contributed by atoms with Crippen molar-refractivity contribution in [2.75, 3.05) is 13.2 Å². The van der Waals surface area contributed by atoms with E-state index in [1.165, 1.54) is 0 Å². The molecule has 2 unspecified atom stereocenters. The lowest BCUT2D eigenvalue weighted by molar-refractivity contribution is -0.121. The van der Waals surface area contributed by atoms with Gasteiger partial charge in [0.15, 0.2) is 0 Å². The number of hydrogen-bond donors (Lipinski definition) is 3. The highest BCUT2D eigenvalue weighted by Gasteiger charge is 2.35. The van der Waals surface area contributed by atoms with Crippen molar-refractivity contribution in [2.45, 2.75) is 57.5 Å². The standard InChI is InChI=1S/C18H29BN2O4/c1-2-15-8-9-17(19(23)25-15)21-18(22)13-14-6-5-7-16(12-14)24-11-4-3-10-20/h5-7,12,15,17,23H,2-4,8-11,13,20H2,1H3,(H,21,22). The Balaban J connectivity index is 1.80. The molecule has 1 aliphatic heterocycles. The van der Waals surface area contributed by atoms with Crippen molar-refractivity contribution in [2.24, 2.45) is 5.73 Å². The predicted molar refractivity (Wildman–Crippen MR) is 98.2 cm³/mol. The second-order valence-corrected chi connectivity index (χ2v) is 6.48. The maximum atomic E-state index is 12.3. The molecule has 1 aromatic carbocycles. The third kappa shape index (κ3) is 6.69. The van der Waals surface area contributed by atoms with E-state index in [9.17, 15) is 9.82 Å². The van der Waals surface area contributed by atoms with E-state index in [1.54, 1.807) is 0 Å². The number of carbonyl (C=O) groups excluding carboxylic acids is 1. The average molecular weight is 348 g/mol. The first-order valence-corrected chi connectivity index (χ1v) is 9.17. The third-order valence-electron chi connectivity index (χ3n) is 4.41. The molecule has 0 aliphatic carbocycles. The van der Waals surface area contributed by atoms with Crippen LogP contribution in [0.15, 0.2) is 24.3 Å². The minimum absolute atomic E-state index is 0.0799. The van der Waals surface area contributed by atoms with Crippen LogP contribution in [0.2, 0.25) is 0 Å². The van der Waals surface area contributed by atoms with Gasteiger partial charge in [0.25, 0.3) is 0 Å². The van der Waals surface area contributed by atoms with E-state index in [0.717, 1.165) is 43.4 Å². The second-order valence-electron chi connectivity index (χ2n) is 6.48. The maximum absolute atomic E-state index is 12.3. The number of unbranched alkanes of at least 4 members (excludes halogenated alkanes) is 1. The molecule has 0 spiro atoms. The molecule has 6 nitrogen and oxygen atoms in total. The maximum Gasteiger partial charge on any atom is 0.478 e. The molecule has 25 heavy (non-hydrogen) atoms. The van der Waals surface area contributed by atoms with E-state index < -0.39 is 7.12 Å². The van der Waals surface area contributed by atoms with Crippen LogP contribution in [-0.4, -0.2) is 43.2 Å². The van der Waals surface area contributed by atoms with E-state index in [4.69, 9.17) is 15.1 Å². The summed E-state index contributed by atoms with van der Waals surface area (Å²) in [6.45, 7) is 3.32. The Hall–Kier alpha value is -1.57. The number of rotatable bonds is 9. The van der Waals surface area contributed by atoms with Crippen LogP contribution in [0, 0.1) is 0 Å². The third-order valence-corrected chi connectivity index (χ3v) is 4.41. The lowest BCUT2D eigenvalue weighted by Crippen LogP contribution is -2.52. The van der Waals surface area contributed by atoms with E-state index in [1.807, 2.05) is 31.2 Å². The summed E-state index contributed by atoms with van der Waals surface area (Å²) in [6.07, 6.45) is 4.64. The second kappa shape index (κ2) is 10.4. The van der Waals surface area contributed by atoms with E-state index in [2.05, 4.69) is 5.32 Å². The average Bonchev–Trinajstić information content (AvgIpc) is 2.61. The van der Waals surface area contributed by atoms with Crippen LogP contribution in [0.1, 0.15) is 44.6 Å². The van der Waals surface area contributed by atoms with Crippen molar-refractivity contribution in [3.63, 3.8) is 0 Å². The van der Waals surface area contributed by atoms with Crippen LogP contribution >= 0.6 is 0 Å². The topological polar surface area (TPSA) is 93.8 Å². The molecule has 0 aromatic heterocycles. The Bertz CT molecular complexity index is 544. The first-order valence-electron chi connectivity index (χ1n) is 9.17. The van der Waals surface area contributed by atoms with Crippen LogP contribution in [0.3, 0.4) is 0 Å². The number of benzene rings is 1. The Labute approximate surface area is 150 Å². The normalized spacial score (nSPS) is 20.4. The van der Waals surface area contributed by atoms with Crippen LogP contribution in [0.25, 0.3) is 0 Å². The van der Waals surface area contributed by atoms with Crippen molar-refractivity contribution in [1.29, 1.82) is 0 Å². The minimum Gasteiger partial charge on any atom is -0.494 e. The summed E-state index contributed by atoms with van der Waals surface area (Å²) < 4.78 is 11.2. The first-order chi connectivity index (χ1) is 12.1. The summed E-state index contributed by atoms with van der Waals surface area (Å²) in [5.74, 6) is 0.294. The summed E-state index contributed by atoms with van der Waals surface area (Å²) in [6, 6.07) is 7.54. The van der Waals surface area contributed by atoms with Gasteiger partial charge in [-0.3, -0.25) is 4.79 Å². The van der Waals surface area contributed by atoms with Gasteiger partial charge in [-0.1, -0.05) is 19.1 Å². The Morgan fingerprint density at radius 1 is 1.44 bits per heavy atom. The molecular weight excluding hydrogens is 319 g/mol. The summed E-state index contributed by atoms with van der Waals surface area (Å²) in [5, 5.41) is 12.9. The van der Waals surface area contributed by atoms with Crippen LogP contribution in [0.5, 0.6) is 5.75 Å². The van der Waals surface area contributed by atoms with Gasteiger partial charge in [-0.05, 0) is 56.3 Å². The molecular formula is C18H29BN2O4. The monoisotopic (exact) mass is 348 g/mol. The number of nitrogens with one attached hydrogen (secondary N) is 1. The zero-order valence-electron chi connectivity index (χ0n) is 14.9. The summed E-state index contributed by atoms with van der Waals surface area (Å²) in [4.78, 5) is 12.3. The van der Waals surface area contributed by atoms with Gasteiger partial charge in [-0.2, -0.15) is 0 Å². The Kier molecular flexibility index (Phi) is 8.24. The molecule has 1 amide bonds. The fourth-order valence-corrected chi connectivity index (χ4v) is 2.94. The van der Waals surface area contributed by atoms with Crippen molar-refractivity contribution in [3.8, 4) is 5.75 Å². The van der Waals surface area contributed by atoms with Crippen LogP contribution in [0.4, 0.5) is 0 Å². The van der Waals surface area contributed by atoms with Crippen LogP contribution < -0.4 is 15.8 Å². The van der Waals surface area contributed by atoms with Gasteiger partial charge in [0.05, 0.1) is 19.0 Å². The molecule has 1 fully saturated rings. The van der Waals surface area contributed by atoms with Gasteiger partial charge in [0.2, 0.25) is 5.91 Å². The molecule has 2 rings (SSSR count). The zero-order valence-corrected chi connectivity index (χ0v) is 14.9. The summed E-state index contributed by atoms with van der Waals surface area (Å²) in [7, 11) is -0.931. The number of ether oxygens (including phenoxy) is 1. The molecule has 1 saturated heterocycles. The highest BCUT2D eigenvalue weighted by Crippen LogP contribution is 2.19. The molecule has 4 N–H and O–H groups in total. The van der Waals surface area contributed by atoms with Gasteiger partial charge in [-0.15, -0.1) is 0 Å². The van der Waals surface area contributed by atoms with Gasteiger partial charge < -0.3 is 25.5 Å². The van der Waals surface area contributed by atoms with Crippen molar-refractivity contribution in [3.05, 3.63) is 29.8 Å². The molecule has 7 heteroatoms. The quantitative estimate of drug-likeness (QED) is 0.464. The van der Waals surface area contributed by atoms with Crippen molar-refractivity contribution in [1.82, 2.24) is 5.32 Å². The Morgan fingerprint density at radius 2 is 2.28 bits per heavy atom. The van der Waals surface area contributed by atoms with E-state index >= 15 is 0 Å². The first kappa shape index (κ1) is 19.8. The summed E-state index contributed by atoms with van der Waals surface area (Å²) in [5.41, 5.74) is 6.34. The Morgan fingerprint density at radius 3 is 3.00 bits per heavy atom. The SMILES string of the molecule is CCC1CCC(NC(=O)Cc2cccc(OCCCCN)c2)B(O)O1. The van der Waals surface area contributed by atoms with Gasteiger partial charge >= 0.3 is 7.12 Å². The number of nitrogens with two attached hydrogens (primary N) is 1. The molecule has 1 aliphatic rings. The lowest BCUT2D eigenvalue weighted by atomic mass is 9.72. The summed E-state index contributed by atoms with van der Waals surface area (Å²) >= 11 is 0. The molecule has 0 saturated carbocycles. The fourth-order valence-electron chi connectivity index (χ4n) is 2.94. The van der Waals surface area contributed by atoms with Gasteiger partial charge in [0, 0.05) is 6.10 Å². The van der Waals surface area contributed by atoms with Gasteiger partial charge in [0.1, 0.15) is 5.75 Å². The van der Waals surface area contributed by atoms with E-state index in [-0.39, 0.29) is 24.4 Å². The molecule has 1 heterocycles. The highest BCUT2D eigenvalue weighted by molar-refractivity contribution is 6.45. The van der Waals surface area contributed by atoms with E-state index in [0.29, 0.717) is 13.2 Å². The molecule has 0 radical (unpaired) electrons. The minimum atomic E-state index is -0.931. The zero-order chi connectivity index (χ0) is 18.1. The van der Waals surface area contributed by atoms with Crippen LogP contribution in [-0.2, 0) is 15.9 Å². The smallest absolute Gasteiger partial charge is 0.478 e. The fraction of sp³-hybridized carbons (Fsp3) is 0.611. The predicted octanol–water partition coefficient (Wildman–Crippen LogP) is 1.44. The van der Waals surface area contributed by atoms with Gasteiger partial charge in [-0.25, -0.2) is 0 Å². The number of hydrogen-bond acceptors (Lipinski definition) is 5. The molecule has 2 atom stereocenters. The molecule has 1 aromatic rings. The number of amides is 1. The number of carbonyl (C=O) groups is 1. The lowest BCUT2D eigenvalue weighted by Gasteiger charge is -2.31. The largest absolute Gasteiger partial charge is 0.494 e. The van der Waals surface area contributed by atoms with Crippen molar-refractivity contribution < 1.29 is 19.2 Å².